The smallest absolute Gasteiger partial charge is 0.416 e. The van der Waals surface area contributed by atoms with E-state index in [9.17, 15) is 65.9 Å². The largest absolute Gasteiger partial charge is 0.480 e. The Hall–Kier alpha value is -8.17. The maximum absolute atomic E-state index is 14.2. The zero-order valence-corrected chi connectivity index (χ0v) is 36.1. The number of carbonyl (C=O) groups is 5. The van der Waals surface area contributed by atoms with Gasteiger partial charge in [0.1, 0.15) is 0 Å². The second-order valence-corrected chi connectivity index (χ2v) is 16.6. The fraction of sp³-hybridized carbons (Fsp3) is 0.271. The molecule has 6 amide bonds. The van der Waals surface area contributed by atoms with Crippen molar-refractivity contribution in [3.05, 3.63) is 153 Å². The second-order valence-electron chi connectivity index (χ2n) is 16.6. The number of amides is 6. The van der Waals surface area contributed by atoms with Gasteiger partial charge in [-0.05, 0) is 84.6 Å². The van der Waals surface area contributed by atoms with Crippen LogP contribution in [0, 0.1) is 22.7 Å². The van der Waals surface area contributed by atoms with E-state index in [1.165, 1.54) is 46.2 Å². The maximum Gasteiger partial charge on any atom is 0.416 e. The molecule has 0 bridgehead atoms. The maximum atomic E-state index is 14.2. The van der Waals surface area contributed by atoms with Gasteiger partial charge in [-0.15, -0.1) is 0 Å². The molecule has 0 fully saturated rings. The third-order valence-electron chi connectivity index (χ3n) is 12.2. The SMILES string of the molecule is N#Cc1ccc([C@H]2NC(=O)N(c3cccc(C(F)(F)F)c3)C3=C2C(=O)N(CCCN(CCCN2CC4=C(C2=O)[C@@H](c2ccc(C#N)cc2)NC(=O)N4c2cccc(C(F)(F)F)c2)CC(=O)O)C3)cc1. The molecule has 0 aliphatic carbocycles. The fourth-order valence-electron chi connectivity index (χ4n) is 8.97. The lowest BCUT2D eigenvalue weighted by atomic mass is 9.94. The summed E-state index contributed by atoms with van der Waals surface area (Å²) in [7, 11) is 0. The molecule has 69 heavy (non-hydrogen) atoms. The predicted octanol–water partition coefficient (Wildman–Crippen LogP) is 7.07. The molecular weight excluding hydrogens is 913 g/mol. The van der Waals surface area contributed by atoms with Crippen LogP contribution in [0.4, 0.5) is 47.3 Å². The summed E-state index contributed by atoms with van der Waals surface area (Å²) in [6.45, 7) is -0.448. The number of nitrogens with one attached hydrogen (secondary N) is 2. The van der Waals surface area contributed by atoms with Gasteiger partial charge in [0.15, 0.2) is 0 Å². The van der Waals surface area contributed by atoms with Crippen LogP contribution in [0.15, 0.2) is 120 Å². The Kier molecular flexibility index (Phi) is 12.9. The molecule has 0 aromatic heterocycles. The van der Waals surface area contributed by atoms with Crippen LogP contribution in [0.25, 0.3) is 0 Å². The number of hydrogen-bond acceptors (Lipinski definition) is 8. The van der Waals surface area contributed by atoms with Crippen molar-refractivity contribution >= 4 is 41.2 Å². The summed E-state index contributed by atoms with van der Waals surface area (Å²) in [6.07, 6.45) is -9.04. The first-order chi connectivity index (χ1) is 32.9. The average Bonchev–Trinajstić information content (AvgIpc) is 3.82. The van der Waals surface area contributed by atoms with E-state index in [1.54, 1.807) is 29.2 Å². The van der Waals surface area contributed by atoms with Gasteiger partial charge in [-0.2, -0.15) is 36.9 Å². The van der Waals surface area contributed by atoms with Crippen molar-refractivity contribution in [1.82, 2.24) is 25.3 Å². The first-order valence-electron chi connectivity index (χ1n) is 21.4. The number of rotatable bonds is 14. The summed E-state index contributed by atoms with van der Waals surface area (Å²) in [5.41, 5.74) is -0.226. The predicted molar refractivity (Wildman–Crippen MR) is 233 cm³/mol. The highest BCUT2D eigenvalue weighted by Crippen LogP contribution is 2.42. The summed E-state index contributed by atoms with van der Waals surface area (Å²) in [4.78, 5) is 74.4. The van der Waals surface area contributed by atoms with Crippen LogP contribution in [0.5, 0.6) is 0 Å². The first kappa shape index (κ1) is 47.3. The lowest BCUT2D eigenvalue weighted by molar-refractivity contribution is -0.139. The van der Waals surface area contributed by atoms with E-state index >= 15 is 0 Å². The number of halogens is 6. The van der Waals surface area contributed by atoms with Gasteiger partial charge in [0.05, 0.1) is 100 Å². The topological polar surface area (TPSA) is 193 Å². The summed E-state index contributed by atoms with van der Waals surface area (Å²) in [6, 6.07) is 20.9. The normalized spacial score (nSPS) is 18.3. The zero-order valence-electron chi connectivity index (χ0n) is 36.1. The molecule has 0 unspecified atom stereocenters. The summed E-state index contributed by atoms with van der Waals surface area (Å²) >= 11 is 0. The second kappa shape index (κ2) is 18.8. The van der Waals surface area contributed by atoms with Crippen LogP contribution in [0.1, 0.15) is 58.3 Å². The molecular formula is C48H39F6N9O6. The van der Waals surface area contributed by atoms with E-state index in [0.29, 0.717) is 22.3 Å². The molecule has 2 atom stereocenters. The fourth-order valence-corrected chi connectivity index (χ4v) is 8.97. The van der Waals surface area contributed by atoms with Crippen LogP contribution in [-0.2, 0) is 26.7 Å². The van der Waals surface area contributed by atoms with Gasteiger partial charge in [-0.3, -0.25) is 29.1 Å². The Morgan fingerprint density at radius 3 is 1.38 bits per heavy atom. The Bertz CT molecular complexity index is 2700. The quantitative estimate of drug-likeness (QED) is 0.111. The molecule has 4 aromatic carbocycles. The summed E-state index contributed by atoms with van der Waals surface area (Å²) < 4.78 is 82.7. The molecule has 21 heteroatoms. The van der Waals surface area contributed by atoms with Crippen molar-refractivity contribution in [3.63, 3.8) is 0 Å². The van der Waals surface area contributed by atoms with Crippen LogP contribution in [0.3, 0.4) is 0 Å². The van der Waals surface area contributed by atoms with Crippen LogP contribution >= 0.6 is 0 Å². The molecule has 0 spiro atoms. The molecule has 4 aromatic rings. The van der Waals surface area contributed by atoms with Crippen LogP contribution < -0.4 is 20.4 Å². The molecule has 0 saturated carbocycles. The Balaban J connectivity index is 0.971. The van der Waals surface area contributed by atoms with E-state index in [2.05, 4.69) is 10.6 Å². The standard InChI is InChI=1S/C48H39F6N9O6/c49-47(50,51)32-5-1-7-34(21-32)62-36-25-60(43(66)39(36)41(57-45(62)68)30-13-9-28(23-55)10-14-30)19-3-17-59(27-38(64)65)18-4-20-61-26-37-40(44(61)67)42(31-15-11-29(24-56)12-16-31)58-46(69)63(37)35-8-2-6-33(22-35)48(52,53)54/h1-2,5-16,21-22,41-42H,3-4,17-20,25-27H2,(H,57,68)(H,58,69)(H,64,65)/t41-,42-/m1/s1. The number of aliphatic carboxylic acids is 1. The van der Waals surface area contributed by atoms with E-state index in [4.69, 9.17) is 0 Å². The molecule has 4 heterocycles. The number of nitrogens with zero attached hydrogens (tertiary/aromatic N) is 7. The van der Waals surface area contributed by atoms with Crippen molar-refractivity contribution in [1.29, 1.82) is 10.5 Å². The number of urea groups is 2. The van der Waals surface area contributed by atoms with E-state index in [1.807, 2.05) is 12.1 Å². The molecule has 3 N–H and O–H groups in total. The molecule has 15 nitrogen and oxygen atoms in total. The highest BCUT2D eigenvalue weighted by molar-refractivity contribution is 6.08. The van der Waals surface area contributed by atoms with Gasteiger partial charge >= 0.3 is 30.4 Å². The van der Waals surface area contributed by atoms with Crippen molar-refractivity contribution in [3.8, 4) is 12.1 Å². The number of anilines is 2. The Morgan fingerprint density at radius 1 is 0.638 bits per heavy atom. The first-order valence-corrected chi connectivity index (χ1v) is 21.4. The number of nitriles is 2. The van der Waals surface area contributed by atoms with Gasteiger partial charge in [-0.25, -0.2) is 9.59 Å². The minimum absolute atomic E-state index is 0.0387. The van der Waals surface area contributed by atoms with Crippen molar-refractivity contribution < 1.29 is 55.4 Å². The summed E-state index contributed by atoms with van der Waals surface area (Å²) in [5.74, 6) is -2.20. The van der Waals surface area contributed by atoms with Crippen molar-refractivity contribution in [2.24, 2.45) is 0 Å². The third-order valence-corrected chi connectivity index (χ3v) is 12.2. The number of carboxylic acid groups (broad SMARTS) is 1. The third kappa shape index (κ3) is 9.67. The van der Waals surface area contributed by atoms with E-state index in [-0.39, 0.29) is 86.0 Å². The van der Waals surface area contributed by atoms with E-state index < -0.39 is 72.0 Å². The number of carboxylic acids is 1. The number of hydrogen-bond donors (Lipinski definition) is 3. The molecule has 4 aliphatic rings. The van der Waals surface area contributed by atoms with Gasteiger partial charge in [-0.1, -0.05) is 36.4 Å². The molecule has 354 valence electrons. The van der Waals surface area contributed by atoms with Gasteiger partial charge < -0.3 is 25.5 Å². The molecule has 4 aliphatic heterocycles. The zero-order chi connectivity index (χ0) is 49.4. The van der Waals surface area contributed by atoms with Crippen molar-refractivity contribution in [2.45, 2.75) is 37.3 Å². The number of alkyl halides is 6. The lowest BCUT2D eigenvalue weighted by Gasteiger charge is -2.34. The van der Waals surface area contributed by atoms with Gasteiger partial charge in [0.25, 0.3) is 11.8 Å². The minimum Gasteiger partial charge on any atom is -0.480 e. The molecule has 0 radical (unpaired) electrons. The highest BCUT2D eigenvalue weighted by Gasteiger charge is 2.47. The Labute approximate surface area is 389 Å². The van der Waals surface area contributed by atoms with Crippen molar-refractivity contribution in [2.75, 3.05) is 55.6 Å². The van der Waals surface area contributed by atoms with E-state index in [0.717, 1.165) is 46.2 Å². The minimum atomic E-state index is -4.73. The van der Waals surface area contributed by atoms with Crippen LogP contribution in [-0.4, -0.2) is 95.5 Å². The highest BCUT2D eigenvalue weighted by atomic mass is 19.4. The molecule has 8 rings (SSSR count). The molecule has 0 saturated heterocycles. The van der Waals surface area contributed by atoms with Gasteiger partial charge in [0.2, 0.25) is 0 Å². The van der Waals surface area contributed by atoms with Crippen LogP contribution in [0.2, 0.25) is 0 Å². The Morgan fingerprint density at radius 2 is 1.03 bits per heavy atom. The summed E-state index contributed by atoms with van der Waals surface area (Å²) in [5, 5.41) is 33.9. The lowest BCUT2D eigenvalue weighted by Crippen LogP contribution is -2.47. The monoisotopic (exact) mass is 951 g/mol. The van der Waals surface area contributed by atoms with Gasteiger partial charge in [0, 0.05) is 26.2 Å². The number of carbonyl (C=O) groups excluding carboxylic acids is 4. The average molecular weight is 952 g/mol. The number of benzene rings is 4.